The smallest absolute Gasteiger partial charge is 0.142 e. The Labute approximate surface area is 113 Å². The van der Waals surface area contributed by atoms with Gasteiger partial charge in [0.25, 0.3) is 0 Å². The molecule has 1 unspecified atom stereocenters. The Morgan fingerprint density at radius 2 is 1.74 bits per heavy atom. The Morgan fingerprint density at radius 3 is 2.37 bits per heavy atom. The van der Waals surface area contributed by atoms with Crippen LogP contribution in [0.3, 0.4) is 0 Å². The average molecular weight is 286 g/mol. The van der Waals surface area contributed by atoms with Crippen molar-refractivity contribution in [3.8, 4) is 0 Å². The Balaban J connectivity index is 2.20. The number of hydrogen-bond acceptors (Lipinski definition) is 1. The standard InChI is InChI=1S/C14H11ClF3N/c15-11-4-1-8(5-13(11)18)6-14(19)10-3-2-9(16)7-12(10)17/h1-5,7,14H,6,19H2. The van der Waals surface area contributed by atoms with E-state index in [-0.39, 0.29) is 17.0 Å². The third-order valence-corrected chi connectivity index (χ3v) is 3.11. The second-order valence-electron chi connectivity index (χ2n) is 4.22. The summed E-state index contributed by atoms with van der Waals surface area (Å²) in [4.78, 5) is 0. The molecule has 0 amide bonds. The summed E-state index contributed by atoms with van der Waals surface area (Å²) in [7, 11) is 0. The molecule has 1 atom stereocenters. The monoisotopic (exact) mass is 285 g/mol. The lowest BCUT2D eigenvalue weighted by Crippen LogP contribution is -2.15. The highest BCUT2D eigenvalue weighted by atomic mass is 35.5. The van der Waals surface area contributed by atoms with Crippen LogP contribution in [0.25, 0.3) is 0 Å². The van der Waals surface area contributed by atoms with E-state index >= 15 is 0 Å². The van der Waals surface area contributed by atoms with Crippen LogP contribution in [0.2, 0.25) is 5.02 Å². The number of halogens is 4. The molecule has 2 N–H and O–H groups in total. The Kier molecular flexibility index (Phi) is 4.12. The van der Waals surface area contributed by atoms with Gasteiger partial charge in [-0.1, -0.05) is 23.7 Å². The van der Waals surface area contributed by atoms with Crippen molar-refractivity contribution in [1.82, 2.24) is 0 Å². The fourth-order valence-electron chi connectivity index (χ4n) is 1.83. The van der Waals surface area contributed by atoms with Crippen LogP contribution in [-0.2, 0) is 6.42 Å². The second-order valence-corrected chi connectivity index (χ2v) is 4.63. The predicted molar refractivity (Wildman–Crippen MR) is 68.4 cm³/mol. The van der Waals surface area contributed by atoms with Gasteiger partial charge < -0.3 is 5.73 Å². The minimum Gasteiger partial charge on any atom is -0.324 e. The normalized spacial score (nSPS) is 12.5. The fourth-order valence-corrected chi connectivity index (χ4v) is 1.95. The third kappa shape index (κ3) is 3.28. The molecular weight excluding hydrogens is 275 g/mol. The second kappa shape index (κ2) is 5.63. The van der Waals surface area contributed by atoms with Crippen LogP contribution in [0.5, 0.6) is 0 Å². The van der Waals surface area contributed by atoms with Crippen molar-refractivity contribution in [3.63, 3.8) is 0 Å². The van der Waals surface area contributed by atoms with E-state index in [1.165, 1.54) is 18.2 Å². The van der Waals surface area contributed by atoms with Crippen LogP contribution in [0.15, 0.2) is 36.4 Å². The van der Waals surface area contributed by atoms with Gasteiger partial charge in [-0.25, -0.2) is 13.2 Å². The van der Waals surface area contributed by atoms with Crippen molar-refractivity contribution in [3.05, 3.63) is 70.0 Å². The minimum atomic E-state index is -0.707. The molecule has 0 aliphatic rings. The largest absolute Gasteiger partial charge is 0.324 e. The molecule has 100 valence electrons. The highest BCUT2D eigenvalue weighted by Crippen LogP contribution is 2.22. The lowest BCUT2D eigenvalue weighted by Gasteiger charge is -2.13. The molecule has 0 spiro atoms. The van der Waals surface area contributed by atoms with Crippen molar-refractivity contribution in [2.45, 2.75) is 12.5 Å². The van der Waals surface area contributed by atoms with Gasteiger partial charge in [-0.3, -0.25) is 0 Å². The van der Waals surface area contributed by atoms with Gasteiger partial charge in [0.05, 0.1) is 5.02 Å². The summed E-state index contributed by atoms with van der Waals surface area (Å²) >= 11 is 5.57. The lowest BCUT2D eigenvalue weighted by atomic mass is 9.99. The molecule has 0 heterocycles. The zero-order chi connectivity index (χ0) is 14.0. The Morgan fingerprint density at radius 1 is 1.00 bits per heavy atom. The molecule has 0 saturated carbocycles. The van der Waals surface area contributed by atoms with Crippen LogP contribution in [0.4, 0.5) is 13.2 Å². The first-order chi connectivity index (χ1) is 8.97. The summed E-state index contributed by atoms with van der Waals surface area (Å²) in [5.41, 5.74) is 6.64. The first-order valence-corrected chi connectivity index (χ1v) is 5.99. The maximum Gasteiger partial charge on any atom is 0.142 e. The number of hydrogen-bond donors (Lipinski definition) is 1. The summed E-state index contributed by atoms with van der Waals surface area (Å²) in [5.74, 6) is -1.92. The van der Waals surface area contributed by atoms with Crippen LogP contribution in [-0.4, -0.2) is 0 Å². The molecule has 2 aromatic rings. The van der Waals surface area contributed by atoms with E-state index in [9.17, 15) is 13.2 Å². The van der Waals surface area contributed by atoms with Crippen LogP contribution in [0.1, 0.15) is 17.2 Å². The molecule has 0 fully saturated rings. The Hall–Kier alpha value is -1.52. The molecular formula is C14H11ClF3N. The van der Waals surface area contributed by atoms with Gasteiger partial charge in [0.1, 0.15) is 17.5 Å². The van der Waals surface area contributed by atoms with Gasteiger partial charge in [0.15, 0.2) is 0 Å². The maximum atomic E-state index is 13.5. The van der Waals surface area contributed by atoms with Gasteiger partial charge in [0, 0.05) is 17.7 Å². The third-order valence-electron chi connectivity index (χ3n) is 2.80. The van der Waals surface area contributed by atoms with E-state index in [4.69, 9.17) is 17.3 Å². The maximum absolute atomic E-state index is 13.5. The molecule has 5 heteroatoms. The van der Waals surface area contributed by atoms with Crippen molar-refractivity contribution in [2.75, 3.05) is 0 Å². The highest BCUT2D eigenvalue weighted by Gasteiger charge is 2.13. The van der Waals surface area contributed by atoms with Crippen molar-refractivity contribution >= 4 is 11.6 Å². The average Bonchev–Trinajstić information content (AvgIpc) is 2.33. The van der Waals surface area contributed by atoms with E-state index in [1.807, 2.05) is 0 Å². The lowest BCUT2D eigenvalue weighted by molar-refractivity contribution is 0.553. The first-order valence-electron chi connectivity index (χ1n) is 5.62. The van der Waals surface area contributed by atoms with E-state index in [0.717, 1.165) is 12.1 Å². The predicted octanol–water partition coefficient (Wildman–Crippen LogP) is 4.00. The summed E-state index contributed by atoms with van der Waals surface area (Å²) < 4.78 is 39.6. The van der Waals surface area contributed by atoms with E-state index in [1.54, 1.807) is 6.07 Å². The first kappa shape index (κ1) is 13.9. The SMILES string of the molecule is NC(Cc1ccc(Cl)c(F)c1)c1ccc(F)cc1F. The van der Waals surface area contributed by atoms with Gasteiger partial charge in [-0.15, -0.1) is 0 Å². The van der Waals surface area contributed by atoms with Crippen molar-refractivity contribution in [2.24, 2.45) is 5.73 Å². The fraction of sp³-hybridized carbons (Fsp3) is 0.143. The highest BCUT2D eigenvalue weighted by molar-refractivity contribution is 6.30. The summed E-state index contributed by atoms with van der Waals surface area (Å²) in [6.45, 7) is 0. The molecule has 0 radical (unpaired) electrons. The van der Waals surface area contributed by atoms with Gasteiger partial charge in [-0.05, 0) is 30.2 Å². The topological polar surface area (TPSA) is 26.0 Å². The van der Waals surface area contributed by atoms with E-state index < -0.39 is 23.5 Å². The summed E-state index contributed by atoms with van der Waals surface area (Å²) in [6, 6.07) is 6.82. The molecule has 0 aliphatic carbocycles. The quantitative estimate of drug-likeness (QED) is 0.906. The number of nitrogens with two attached hydrogens (primary N) is 1. The Bertz CT molecular complexity index is 601. The zero-order valence-electron chi connectivity index (χ0n) is 9.84. The number of rotatable bonds is 3. The molecule has 0 bridgehead atoms. The molecule has 0 aliphatic heterocycles. The van der Waals surface area contributed by atoms with E-state index in [0.29, 0.717) is 5.56 Å². The summed E-state index contributed by atoms with van der Waals surface area (Å²) in [5, 5.41) is 0.0188. The van der Waals surface area contributed by atoms with Gasteiger partial charge in [-0.2, -0.15) is 0 Å². The molecule has 1 nitrogen and oxygen atoms in total. The van der Waals surface area contributed by atoms with Crippen molar-refractivity contribution < 1.29 is 13.2 Å². The molecule has 2 aromatic carbocycles. The van der Waals surface area contributed by atoms with Crippen LogP contribution >= 0.6 is 11.6 Å². The zero-order valence-corrected chi connectivity index (χ0v) is 10.6. The van der Waals surface area contributed by atoms with Gasteiger partial charge in [0.2, 0.25) is 0 Å². The number of benzene rings is 2. The van der Waals surface area contributed by atoms with Crippen LogP contribution < -0.4 is 5.73 Å². The molecule has 0 saturated heterocycles. The minimum absolute atomic E-state index is 0.0188. The molecule has 2 rings (SSSR count). The molecule has 19 heavy (non-hydrogen) atoms. The van der Waals surface area contributed by atoms with Crippen molar-refractivity contribution in [1.29, 1.82) is 0 Å². The van der Waals surface area contributed by atoms with E-state index in [2.05, 4.69) is 0 Å². The molecule has 0 aromatic heterocycles. The van der Waals surface area contributed by atoms with Crippen LogP contribution in [0, 0.1) is 17.5 Å². The summed E-state index contributed by atoms with van der Waals surface area (Å²) in [6.07, 6.45) is 0.233. The van der Waals surface area contributed by atoms with Gasteiger partial charge >= 0.3 is 0 Å².